The van der Waals surface area contributed by atoms with Gasteiger partial charge in [0.25, 0.3) is 0 Å². The van der Waals surface area contributed by atoms with Gasteiger partial charge in [-0.2, -0.15) is 0 Å². The monoisotopic (exact) mass is 368 g/mol. The summed E-state index contributed by atoms with van der Waals surface area (Å²) < 4.78 is 0. The molecule has 0 aliphatic heterocycles. The molecule has 138 valence electrons. The van der Waals surface area contributed by atoms with Crippen molar-refractivity contribution in [2.24, 2.45) is 0 Å². The van der Waals surface area contributed by atoms with Crippen molar-refractivity contribution >= 4 is 11.9 Å². The molecule has 0 aliphatic carbocycles. The van der Waals surface area contributed by atoms with E-state index in [1.54, 1.807) is 0 Å². The summed E-state index contributed by atoms with van der Waals surface area (Å²) in [6.07, 6.45) is 0. The molecule has 6 heteroatoms. The fourth-order valence-electron chi connectivity index (χ4n) is 2.94. The molecule has 28 heavy (non-hydrogen) atoms. The summed E-state index contributed by atoms with van der Waals surface area (Å²) in [6.45, 7) is 4.08. The van der Waals surface area contributed by atoms with Crippen LogP contribution in [0.5, 0.6) is 0 Å². The molecule has 4 aromatic rings. The van der Waals surface area contributed by atoms with E-state index in [-0.39, 0.29) is 11.9 Å². The first kappa shape index (κ1) is 17.6. The zero-order chi connectivity index (χ0) is 19.7. The van der Waals surface area contributed by atoms with Gasteiger partial charge in [0.05, 0.1) is 22.8 Å². The first-order chi connectivity index (χ1) is 13.5. The fourth-order valence-corrected chi connectivity index (χ4v) is 2.94. The third-order valence-corrected chi connectivity index (χ3v) is 4.44. The zero-order valence-corrected chi connectivity index (χ0v) is 15.7. The van der Waals surface area contributed by atoms with Crippen LogP contribution in [0, 0.1) is 13.8 Å². The van der Waals surface area contributed by atoms with E-state index in [0.29, 0.717) is 11.4 Å². The summed E-state index contributed by atoms with van der Waals surface area (Å²) in [5, 5.41) is 0. The Bertz CT molecular complexity index is 1040. The topological polar surface area (TPSA) is 104 Å². The van der Waals surface area contributed by atoms with Crippen LogP contribution in [-0.4, -0.2) is 19.9 Å². The van der Waals surface area contributed by atoms with Crippen LogP contribution in [0.2, 0.25) is 0 Å². The van der Waals surface area contributed by atoms with Crippen LogP contribution < -0.4 is 11.5 Å². The lowest BCUT2D eigenvalue weighted by atomic mass is 10.1. The zero-order valence-electron chi connectivity index (χ0n) is 15.7. The van der Waals surface area contributed by atoms with Crippen molar-refractivity contribution in [2.75, 3.05) is 11.5 Å². The second-order valence-electron chi connectivity index (χ2n) is 6.73. The quantitative estimate of drug-likeness (QED) is 0.565. The maximum atomic E-state index is 5.97. The minimum absolute atomic E-state index is 0.183. The predicted octanol–water partition coefficient (Wildman–Crippen LogP) is 4.05. The molecule has 2 heterocycles. The minimum Gasteiger partial charge on any atom is -0.368 e. The Morgan fingerprint density at radius 3 is 1.18 bits per heavy atom. The van der Waals surface area contributed by atoms with Crippen LogP contribution in [0.15, 0.2) is 60.7 Å². The van der Waals surface area contributed by atoms with Crippen molar-refractivity contribution in [3.8, 4) is 33.9 Å². The molecule has 6 nitrogen and oxygen atoms in total. The number of aryl methyl sites for hydroxylation is 2. The van der Waals surface area contributed by atoms with Gasteiger partial charge in [-0.1, -0.05) is 59.7 Å². The van der Waals surface area contributed by atoms with Gasteiger partial charge < -0.3 is 11.5 Å². The number of nitrogen functional groups attached to an aromatic ring is 2. The highest BCUT2D eigenvalue weighted by Crippen LogP contribution is 2.27. The van der Waals surface area contributed by atoms with Crippen LogP contribution in [0.4, 0.5) is 11.9 Å². The Morgan fingerprint density at radius 1 is 0.500 bits per heavy atom. The van der Waals surface area contributed by atoms with Gasteiger partial charge in [-0.25, -0.2) is 19.9 Å². The highest BCUT2D eigenvalue weighted by Gasteiger charge is 2.12. The number of anilines is 2. The molecule has 0 bridgehead atoms. The lowest BCUT2D eigenvalue weighted by Gasteiger charge is -2.09. The molecule has 0 amide bonds. The van der Waals surface area contributed by atoms with Crippen LogP contribution in [0.3, 0.4) is 0 Å². The van der Waals surface area contributed by atoms with E-state index in [9.17, 15) is 0 Å². The van der Waals surface area contributed by atoms with E-state index in [1.165, 1.54) is 11.1 Å². The number of nitrogens with two attached hydrogens (primary N) is 2. The van der Waals surface area contributed by atoms with Gasteiger partial charge in [0.2, 0.25) is 11.9 Å². The maximum absolute atomic E-state index is 5.97. The van der Waals surface area contributed by atoms with Gasteiger partial charge in [0.15, 0.2) is 0 Å². The van der Waals surface area contributed by atoms with Gasteiger partial charge in [-0.3, -0.25) is 0 Å². The van der Waals surface area contributed by atoms with Crippen molar-refractivity contribution < 1.29 is 0 Å². The molecule has 4 N–H and O–H groups in total. The Hall–Kier alpha value is -3.80. The predicted molar refractivity (Wildman–Crippen MR) is 112 cm³/mol. The Balaban J connectivity index is 1.80. The highest BCUT2D eigenvalue weighted by molar-refractivity contribution is 5.71. The molecule has 0 spiro atoms. The summed E-state index contributed by atoms with van der Waals surface area (Å²) in [5.74, 6) is 0.365. The van der Waals surface area contributed by atoms with Gasteiger partial charge in [0, 0.05) is 11.1 Å². The lowest BCUT2D eigenvalue weighted by molar-refractivity contribution is 1.14. The Morgan fingerprint density at radius 2 is 0.821 bits per heavy atom. The van der Waals surface area contributed by atoms with E-state index in [1.807, 2.05) is 74.5 Å². The fraction of sp³-hybridized carbons (Fsp3) is 0.0909. The molecule has 2 aromatic heterocycles. The number of hydrogen-bond donors (Lipinski definition) is 2. The summed E-state index contributed by atoms with van der Waals surface area (Å²) in [7, 11) is 0. The average molecular weight is 368 g/mol. The van der Waals surface area contributed by atoms with Crippen molar-refractivity contribution in [1.82, 2.24) is 19.9 Å². The first-order valence-electron chi connectivity index (χ1n) is 8.91. The smallest absolute Gasteiger partial charge is 0.221 e. The van der Waals surface area contributed by atoms with Crippen LogP contribution in [0.1, 0.15) is 11.1 Å². The number of nitrogens with zero attached hydrogens (tertiary/aromatic N) is 4. The third kappa shape index (κ3) is 3.66. The van der Waals surface area contributed by atoms with Crippen molar-refractivity contribution in [3.05, 3.63) is 71.8 Å². The molecular formula is C22H20N6. The molecule has 0 fully saturated rings. The molecule has 2 aromatic carbocycles. The van der Waals surface area contributed by atoms with E-state index < -0.39 is 0 Å². The van der Waals surface area contributed by atoms with E-state index in [2.05, 4.69) is 19.9 Å². The molecule has 0 aliphatic rings. The number of benzene rings is 2. The Labute approximate surface area is 163 Å². The first-order valence-corrected chi connectivity index (χ1v) is 8.91. The van der Waals surface area contributed by atoms with Gasteiger partial charge in [0.1, 0.15) is 0 Å². The van der Waals surface area contributed by atoms with Crippen LogP contribution in [0.25, 0.3) is 33.9 Å². The van der Waals surface area contributed by atoms with E-state index in [0.717, 1.165) is 22.5 Å². The maximum Gasteiger partial charge on any atom is 0.221 e. The highest BCUT2D eigenvalue weighted by atomic mass is 15.0. The summed E-state index contributed by atoms with van der Waals surface area (Å²) in [6, 6.07) is 19.9. The van der Waals surface area contributed by atoms with Gasteiger partial charge in [-0.05, 0) is 26.0 Å². The van der Waals surface area contributed by atoms with Crippen molar-refractivity contribution in [3.63, 3.8) is 0 Å². The number of hydrogen-bond acceptors (Lipinski definition) is 6. The molecule has 0 atom stereocenters. The standard InChI is InChI=1S/C22H20N6/c1-13-3-7-15(8-4-13)17-11-19(27-21(23)25-17)20-12-18(26-22(24)28-20)16-9-5-14(2)6-10-16/h3-12H,1-2H3,(H2,23,25,27)(H2,24,26,28). The van der Waals surface area contributed by atoms with Crippen LogP contribution >= 0.6 is 0 Å². The van der Waals surface area contributed by atoms with Gasteiger partial charge >= 0.3 is 0 Å². The van der Waals surface area contributed by atoms with Crippen molar-refractivity contribution in [1.29, 1.82) is 0 Å². The molecule has 4 rings (SSSR count). The molecule has 0 radical (unpaired) electrons. The number of aromatic nitrogens is 4. The molecule has 0 unspecified atom stereocenters. The van der Waals surface area contributed by atoms with E-state index >= 15 is 0 Å². The molecule has 0 saturated carbocycles. The average Bonchev–Trinajstić information content (AvgIpc) is 2.68. The lowest BCUT2D eigenvalue weighted by Crippen LogP contribution is -2.02. The number of rotatable bonds is 3. The summed E-state index contributed by atoms with van der Waals surface area (Å²) >= 11 is 0. The second kappa shape index (κ2) is 7.08. The SMILES string of the molecule is Cc1ccc(-c2cc(-c3cc(-c4ccc(C)cc4)nc(N)n3)nc(N)n2)cc1. The minimum atomic E-state index is 0.183. The third-order valence-electron chi connectivity index (χ3n) is 4.44. The van der Waals surface area contributed by atoms with Crippen molar-refractivity contribution in [2.45, 2.75) is 13.8 Å². The Kier molecular flexibility index (Phi) is 4.45. The molecular weight excluding hydrogens is 348 g/mol. The summed E-state index contributed by atoms with van der Waals surface area (Å²) in [4.78, 5) is 17.4. The largest absolute Gasteiger partial charge is 0.368 e. The summed E-state index contributed by atoms with van der Waals surface area (Å²) in [5.41, 5.74) is 18.9. The molecule has 0 saturated heterocycles. The van der Waals surface area contributed by atoms with E-state index in [4.69, 9.17) is 11.5 Å². The van der Waals surface area contributed by atoms with Gasteiger partial charge in [-0.15, -0.1) is 0 Å². The van der Waals surface area contributed by atoms with Crippen LogP contribution in [-0.2, 0) is 0 Å². The second-order valence-corrected chi connectivity index (χ2v) is 6.73. The normalized spacial score (nSPS) is 10.8.